The van der Waals surface area contributed by atoms with E-state index in [9.17, 15) is 18.0 Å². The van der Waals surface area contributed by atoms with Crippen molar-refractivity contribution in [3.63, 3.8) is 0 Å². The first-order valence-electron chi connectivity index (χ1n) is 5.49. The Balaban J connectivity index is 2.23. The average Bonchev–Trinajstić information content (AvgIpc) is 2.65. The fourth-order valence-corrected chi connectivity index (χ4v) is 1.97. The topological polar surface area (TPSA) is 58.6 Å². The number of aliphatic carboxylic acids is 1. The van der Waals surface area contributed by atoms with Crippen LogP contribution in [0.2, 0.25) is 0 Å². The van der Waals surface area contributed by atoms with Crippen LogP contribution < -0.4 is 5.32 Å². The van der Waals surface area contributed by atoms with Crippen LogP contribution in [0.15, 0.2) is 0 Å². The van der Waals surface area contributed by atoms with Crippen molar-refractivity contribution in [2.45, 2.75) is 37.4 Å². The predicted molar refractivity (Wildman–Crippen MR) is 53.7 cm³/mol. The van der Waals surface area contributed by atoms with Gasteiger partial charge in [0.25, 0.3) is 0 Å². The minimum Gasteiger partial charge on any atom is -0.480 e. The van der Waals surface area contributed by atoms with Crippen LogP contribution in [0.1, 0.15) is 25.7 Å². The van der Waals surface area contributed by atoms with E-state index in [1.54, 1.807) is 0 Å². The van der Waals surface area contributed by atoms with E-state index in [0.717, 1.165) is 6.42 Å². The van der Waals surface area contributed by atoms with Gasteiger partial charge < -0.3 is 15.2 Å². The van der Waals surface area contributed by atoms with Gasteiger partial charge in [0, 0.05) is 6.61 Å². The van der Waals surface area contributed by atoms with E-state index in [2.05, 4.69) is 10.1 Å². The molecule has 0 aliphatic carbocycles. The highest BCUT2D eigenvalue weighted by molar-refractivity contribution is 5.79. The number of rotatable bonds is 6. The first-order valence-corrected chi connectivity index (χ1v) is 5.49. The number of nitrogens with one attached hydrogen (secondary N) is 1. The number of hydrogen-bond donors (Lipinski definition) is 2. The van der Waals surface area contributed by atoms with Crippen molar-refractivity contribution >= 4 is 5.97 Å². The Morgan fingerprint density at radius 2 is 2.18 bits per heavy atom. The summed E-state index contributed by atoms with van der Waals surface area (Å²) in [7, 11) is 0. The molecule has 2 N–H and O–H groups in total. The molecule has 17 heavy (non-hydrogen) atoms. The van der Waals surface area contributed by atoms with Crippen LogP contribution in [-0.2, 0) is 9.53 Å². The van der Waals surface area contributed by atoms with Crippen LogP contribution >= 0.6 is 0 Å². The van der Waals surface area contributed by atoms with Crippen molar-refractivity contribution in [2.75, 3.05) is 19.8 Å². The summed E-state index contributed by atoms with van der Waals surface area (Å²) >= 11 is 0. The van der Waals surface area contributed by atoms with Crippen molar-refractivity contribution in [1.82, 2.24) is 5.32 Å². The molecule has 1 rings (SSSR count). The second kappa shape index (κ2) is 5.68. The molecule has 100 valence electrons. The van der Waals surface area contributed by atoms with Gasteiger partial charge in [0.2, 0.25) is 0 Å². The summed E-state index contributed by atoms with van der Waals surface area (Å²) in [4.78, 5) is 11.1. The summed E-state index contributed by atoms with van der Waals surface area (Å²) in [5.74, 6) is -0.939. The Labute approximate surface area is 97.1 Å². The summed E-state index contributed by atoms with van der Waals surface area (Å²) in [6, 6.07) is 0. The molecule has 1 saturated heterocycles. The molecule has 0 aromatic rings. The second-order valence-corrected chi connectivity index (χ2v) is 4.19. The maximum absolute atomic E-state index is 11.8. The van der Waals surface area contributed by atoms with E-state index in [1.807, 2.05) is 0 Å². The fraction of sp³-hybridized carbons (Fsp3) is 0.900. The van der Waals surface area contributed by atoms with Crippen molar-refractivity contribution in [3.05, 3.63) is 0 Å². The van der Waals surface area contributed by atoms with Crippen LogP contribution in [0, 0.1) is 0 Å². The molecule has 1 aliphatic rings. The number of carboxylic acids is 1. The zero-order chi connectivity index (χ0) is 12.9. The van der Waals surface area contributed by atoms with Crippen molar-refractivity contribution in [2.24, 2.45) is 0 Å². The standard InChI is InChI=1S/C10H16F3NO3/c11-10(12,13)7-17-6-2-4-9(8(15)16)3-1-5-14-9/h14H,1-7H2,(H,15,16). The van der Waals surface area contributed by atoms with Crippen molar-refractivity contribution in [1.29, 1.82) is 0 Å². The lowest BCUT2D eigenvalue weighted by molar-refractivity contribution is -0.174. The molecule has 7 heteroatoms. The van der Waals surface area contributed by atoms with E-state index in [4.69, 9.17) is 5.11 Å². The average molecular weight is 255 g/mol. The molecule has 0 aromatic carbocycles. The molecule has 0 spiro atoms. The van der Waals surface area contributed by atoms with Gasteiger partial charge in [-0.3, -0.25) is 4.79 Å². The van der Waals surface area contributed by atoms with Gasteiger partial charge in [0.1, 0.15) is 12.1 Å². The van der Waals surface area contributed by atoms with E-state index < -0.39 is 24.3 Å². The third-order valence-corrected chi connectivity index (χ3v) is 2.81. The van der Waals surface area contributed by atoms with Crippen LogP contribution in [-0.4, -0.2) is 42.5 Å². The first-order chi connectivity index (χ1) is 7.86. The normalized spacial score (nSPS) is 25.1. The van der Waals surface area contributed by atoms with Gasteiger partial charge in [0.05, 0.1) is 0 Å². The number of carbonyl (C=O) groups is 1. The molecule has 0 amide bonds. The zero-order valence-corrected chi connectivity index (χ0v) is 9.35. The van der Waals surface area contributed by atoms with Crippen LogP contribution in [0.4, 0.5) is 13.2 Å². The quantitative estimate of drug-likeness (QED) is 0.707. The number of alkyl halides is 3. The monoisotopic (exact) mass is 255 g/mol. The molecular weight excluding hydrogens is 239 g/mol. The second-order valence-electron chi connectivity index (χ2n) is 4.19. The Kier molecular flexibility index (Phi) is 4.76. The SMILES string of the molecule is O=C(O)C1(CCCOCC(F)(F)F)CCCN1. The summed E-state index contributed by atoms with van der Waals surface area (Å²) < 4.78 is 39.7. The van der Waals surface area contributed by atoms with Gasteiger partial charge >= 0.3 is 12.1 Å². The lowest BCUT2D eigenvalue weighted by Gasteiger charge is -2.24. The third kappa shape index (κ3) is 4.51. The van der Waals surface area contributed by atoms with Gasteiger partial charge in [-0.25, -0.2) is 0 Å². The minimum atomic E-state index is -4.32. The molecular formula is C10H16F3NO3. The molecule has 0 saturated carbocycles. The number of ether oxygens (including phenoxy) is 1. The van der Waals surface area contributed by atoms with Crippen molar-refractivity contribution < 1.29 is 27.8 Å². The molecule has 0 radical (unpaired) electrons. The predicted octanol–water partition coefficient (Wildman–Crippen LogP) is 1.55. The molecule has 1 unspecified atom stereocenters. The van der Waals surface area contributed by atoms with Gasteiger partial charge in [-0.2, -0.15) is 13.2 Å². The number of hydrogen-bond acceptors (Lipinski definition) is 3. The Morgan fingerprint density at radius 3 is 2.65 bits per heavy atom. The van der Waals surface area contributed by atoms with E-state index in [0.29, 0.717) is 25.8 Å². The maximum atomic E-state index is 11.8. The van der Waals surface area contributed by atoms with Crippen LogP contribution in [0.3, 0.4) is 0 Å². The summed E-state index contributed by atoms with van der Waals surface area (Å²) in [6.07, 6.45) is -2.44. The van der Waals surface area contributed by atoms with E-state index in [-0.39, 0.29) is 6.61 Å². The van der Waals surface area contributed by atoms with Gasteiger partial charge in [0.15, 0.2) is 0 Å². The highest BCUT2D eigenvalue weighted by Crippen LogP contribution is 2.25. The molecule has 1 aliphatic heterocycles. The fourth-order valence-electron chi connectivity index (χ4n) is 1.97. The highest BCUT2D eigenvalue weighted by atomic mass is 19.4. The van der Waals surface area contributed by atoms with Gasteiger partial charge in [-0.05, 0) is 32.2 Å². The summed E-state index contributed by atoms with van der Waals surface area (Å²) in [5, 5.41) is 12.0. The van der Waals surface area contributed by atoms with E-state index in [1.165, 1.54) is 0 Å². The first kappa shape index (κ1) is 14.2. The summed E-state index contributed by atoms with van der Waals surface area (Å²) in [5.41, 5.74) is -0.971. The van der Waals surface area contributed by atoms with Crippen LogP contribution in [0.25, 0.3) is 0 Å². The third-order valence-electron chi connectivity index (χ3n) is 2.81. The lowest BCUT2D eigenvalue weighted by Crippen LogP contribution is -2.47. The van der Waals surface area contributed by atoms with Gasteiger partial charge in [-0.1, -0.05) is 0 Å². The number of carboxylic acid groups (broad SMARTS) is 1. The molecule has 1 atom stereocenters. The Hall–Kier alpha value is -0.820. The highest BCUT2D eigenvalue weighted by Gasteiger charge is 2.40. The van der Waals surface area contributed by atoms with Gasteiger partial charge in [-0.15, -0.1) is 0 Å². The lowest BCUT2D eigenvalue weighted by atomic mass is 9.92. The molecule has 1 fully saturated rings. The Morgan fingerprint density at radius 1 is 1.47 bits per heavy atom. The molecule has 1 heterocycles. The summed E-state index contributed by atoms with van der Waals surface area (Å²) in [6.45, 7) is -0.716. The maximum Gasteiger partial charge on any atom is 0.411 e. The molecule has 0 bridgehead atoms. The van der Waals surface area contributed by atoms with E-state index >= 15 is 0 Å². The van der Waals surface area contributed by atoms with Crippen molar-refractivity contribution in [3.8, 4) is 0 Å². The largest absolute Gasteiger partial charge is 0.480 e. The molecule has 4 nitrogen and oxygen atoms in total. The Bertz CT molecular complexity index is 262. The minimum absolute atomic E-state index is 0.0732. The molecule has 0 aromatic heterocycles. The van der Waals surface area contributed by atoms with Crippen LogP contribution in [0.5, 0.6) is 0 Å². The zero-order valence-electron chi connectivity index (χ0n) is 9.35. The number of halogens is 3. The smallest absolute Gasteiger partial charge is 0.411 e.